The molecule has 0 saturated heterocycles. The van der Waals surface area contributed by atoms with Gasteiger partial charge in [-0.25, -0.2) is 0 Å². The zero-order chi connectivity index (χ0) is 61.7. The van der Waals surface area contributed by atoms with Gasteiger partial charge in [0.2, 0.25) is 0 Å². The summed E-state index contributed by atoms with van der Waals surface area (Å²) in [5.74, 6) is 0. The van der Waals surface area contributed by atoms with E-state index >= 15 is 0 Å². The molecule has 0 unspecified atom stereocenters. The summed E-state index contributed by atoms with van der Waals surface area (Å²) in [5.41, 5.74) is 17.9. The van der Waals surface area contributed by atoms with Gasteiger partial charge in [0.05, 0.1) is 0 Å². The van der Waals surface area contributed by atoms with Crippen LogP contribution in [0.5, 0.6) is 0 Å². The summed E-state index contributed by atoms with van der Waals surface area (Å²) in [6.07, 6.45) is 0. The van der Waals surface area contributed by atoms with Crippen LogP contribution in [0.4, 0.5) is 0 Å². The van der Waals surface area contributed by atoms with E-state index in [0.29, 0.717) is 5.46 Å². The third-order valence-corrected chi connectivity index (χ3v) is 18.7. The van der Waals surface area contributed by atoms with Gasteiger partial charge in [-0.1, -0.05) is 327 Å². The first-order valence-corrected chi connectivity index (χ1v) is 31.7. The smallest absolute Gasteiger partial charge is 0.423 e. The molecule has 0 spiro atoms. The lowest BCUT2D eigenvalue weighted by Crippen LogP contribution is -2.30. The van der Waals surface area contributed by atoms with Gasteiger partial charge in [0.15, 0.2) is 0 Å². The van der Waals surface area contributed by atoms with E-state index in [0.717, 1.165) is 15.8 Å². The van der Waals surface area contributed by atoms with Crippen LogP contribution >= 0.6 is 11.6 Å². The second-order valence-electron chi connectivity index (χ2n) is 23.7. The topological polar surface area (TPSA) is 40.5 Å². The van der Waals surface area contributed by atoms with E-state index < -0.39 is 7.12 Å². The summed E-state index contributed by atoms with van der Waals surface area (Å²) in [4.78, 5) is 0. The number of rotatable bonds is 8. The highest BCUT2D eigenvalue weighted by molar-refractivity contribution is 6.62. The third kappa shape index (κ3) is 10.3. The monoisotopic (exact) mass is 1190 g/mol. The standard InChI is InChI=1S/C44H28.C34H21Cl.C10H9BO2/c1-2-8-29(9-3-1)30-16-18-33(19-17-30)41-28-42(40-27-25-36-13-6-12-35-24-26-39(41)44(40)43(35)36)34-22-20-32(21-23-34)38-15-7-11-31-10-4-5-14-37(31)38;35-28-17-13-25(14-18-28)32-21-31(24-11-9-23(10-12-24)22-5-2-1-3-6-22)29-19-15-26-7-4-8-27-16-20-30(32)34(29)33(26)27;12-11(13)10-7-3-5-8-4-1-2-6-9(8)10/h1-28H;1-21H;1-7,12-13H. The van der Waals surface area contributed by atoms with Crippen LogP contribution in [0.3, 0.4) is 0 Å². The zero-order valence-electron chi connectivity index (χ0n) is 50.2. The van der Waals surface area contributed by atoms with Crippen LogP contribution in [-0.4, -0.2) is 17.2 Å². The van der Waals surface area contributed by atoms with E-state index in [1.807, 2.05) is 48.5 Å². The molecule has 18 rings (SSSR count). The first-order chi connectivity index (χ1) is 45.4. The maximum atomic E-state index is 9.08. The molecule has 0 aromatic heterocycles. The summed E-state index contributed by atoms with van der Waals surface area (Å²) >= 11 is 6.23. The molecule has 0 fully saturated rings. The molecule has 0 atom stereocenters. The van der Waals surface area contributed by atoms with Crippen molar-refractivity contribution >= 4 is 110 Å². The lowest BCUT2D eigenvalue weighted by Gasteiger charge is -2.18. The highest BCUT2D eigenvalue weighted by Gasteiger charge is 2.20. The molecule has 0 saturated carbocycles. The summed E-state index contributed by atoms with van der Waals surface area (Å²) < 4.78 is 0. The molecule has 2 nitrogen and oxygen atoms in total. The van der Waals surface area contributed by atoms with Gasteiger partial charge in [-0.2, -0.15) is 0 Å². The van der Waals surface area contributed by atoms with Crippen molar-refractivity contribution in [2.24, 2.45) is 0 Å². The zero-order valence-corrected chi connectivity index (χ0v) is 50.9. The number of hydrogen-bond acceptors (Lipinski definition) is 2. The molecule has 0 heterocycles. The van der Waals surface area contributed by atoms with Gasteiger partial charge in [0.1, 0.15) is 0 Å². The van der Waals surface area contributed by atoms with Gasteiger partial charge in [0, 0.05) is 5.02 Å². The molecule has 0 aliphatic heterocycles. The Kier molecular flexibility index (Phi) is 14.6. The minimum atomic E-state index is -1.40. The SMILES string of the molecule is Clc1ccc(-c2cc(-c3ccc(-c4ccccc4)cc3)c3ccc4cccc5ccc2c3c54)cc1.OB(O)c1cccc2ccccc12.c1ccc(-c2ccc(-c3cc(-c4ccc(-c5cccc6ccccc56)cc4)c4ccc5cccc6ccc3c4c65)cc2)cc1. The molecule has 0 aliphatic rings. The minimum Gasteiger partial charge on any atom is -0.423 e. The molecule has 432 valence electrons. The summed E-state index contributed by atoms with van der Waals surface area (Å²) in [5, 5.41) is 39.0. The van der Waals surface area contributed by atoms with Crippen LogP contribution in [0.1, 0.15) is 0 Å². The molecular formula is C88H58BClO2. The molecular weight excluding hydrogens is 1140 g/mol. The fraction of sp³-hybridized carbons (Fsp3) is 0. The Morgan fingerprint density at radius 2 is 0.489 bits per heavy atom. The van der Waals surface area contributed by atoms with Crippen molar-refractivity contribution in [1.82, 2.24) is 0 Å². The molecule has 2 N–H and O–H groups in total. The van der Waals surface area contributed by atoms with Crippen molar-refractivity contribution in [1.29, 1.82) is 0 Å². The van der Waals surface area contributed by atoms with Gasteiger partial charge in [0.25, 0.3) is 0 Å². The predicted molar refractivity (Wildman–Crippen MR) is 395 cm³/mol. The van der Waals surface area contributed by atoms with Crippen molar-refractivity contribution in [2.75, 3.05) is 0 Å². The van der Waals surface area contributed by atoms with Crippen molar-refractivity contribution in [3.63, 3.8) is 0 Å². The first kappa shape index (κ1) is 56.1. The van der Waals surface area contributed by atoms with Crippen LogP contribution < -0.4 is 5.46 Å². The van der Waals surface area contributed by atoms with Crippen molar-refractivity contribution in [3.8, 4) is 77.9 Å². The van der Waals surface area contributed by atoms with Crippen molar-refractivity contribution in [3.05, 3.63) is 345 Å². The highest BCUT2D eigenvalue weighted by atomic mass is 35.5. The van der Waals surface area contributed by atoms with E-state index in [4.69, 9.17) is 21.6 Å². The fourth-order valence-electron chi connectivity index (χ4n) is 14.0. The average molecular weight is 1190 g/mol. The molecule has 18 aromatic rings. The largest absolute Gasteiger partial charge is 0.489 e. The van der Waals surface area contributed by atoms with E-state index in [1.165, 1.54) is 153 Å². The van der Waals surface area contributed by atoms with Crippen molar-refractivity contribution in [2.45, 2.75) is 0 Å². The summed E-state index contributed by atoms with van der Waals surface area (Å²) in [6.45, 7) is 0. The molecule has 0 bridgehead atoms. The Hall–Kier alpha value is -11.2. The van der Waals surface area contributed by atoms with E-state index in [-0.39, 0.29) is 0 Å². The van der Waals surface area contributed by atoms with Gasteiger partial charge < -0.3 is 10.0 Å². The van der Waals surface area contributed by atoms with Crippen LogP contribution in [0.2, 0.25) is 5.02 Å². The van der Waals surface area contributed by atoms with Gasteiger partial charge in [-0.3, -0.25) is 0 Å². The summed E-state index contributed by atoms with van der Waals surface area (Å²) in [6, 6.07) is 121. The maximum absolute atomic E-state index is 9.08. The van der Waals surface area contributed by atoms with Crippen molar-refractivity contribution < 1.29 is 10.0 Å². The molecule has 0 aliphatic carbocycles. The third-order valence-electron chi connectivity index (χ3n) is 18.5. The van der Waals surface area contributed by atoms with Gasteiger partial charge >= 0.3 is 7.12 Å². The highest BCUT2D eigenvalue weighted by Crippen LogP contribution is 2.47. The number of fused-ring (bicyclic) bond motifs is 2. The molecule has 18 aromatic carbocycles. The normalized spacial score (nSPS) is 11.4. The molecule has 0 radical (unpaired) electrons. The number of halogens is 1. The molecule has 4 heteroatoms. The number of benzene rings is 18. The Morgan fingerprint density at radius 1 is 0.196 bits per heavy atom. The Morgan fingerprint density at radius 3 is 0.902 bits per heavy atom. The lowest BCUT2D eigenvalue weighted by atomic mass is 9.77. The second kappa shape index (κ2) is 24.0. The van der Waals surface area contributed by atoms with Gasteiger partial charge in [-0.15, -0.1) is 0 Å². The molecule has 92 heavy (non-hydrogen) atoms. The second-order valence-corrected chi connectivity index (χ2v) is 24.2. The minimum absolute atomic E-state index is 0.554. The summed E-state index contributed by atoms with van der Waals surface area (Å²) in [7, 11) is -1.40. The predicted octanol–water partition coefficient (Wildman–Crippen LogP) is 23.2. The van der Waals surface area contributed by atoms with E-state index in [9.17, 15) is 0 Å². The van der Waals surface area contributed by atoms with Crippen LogP contribution in [-0.2, 0) is 0 Å². The van der Waals surface area contributed by atoms with E-state index in [2.05, 4.69) is 285 Å². The lowest BCUT2D eigenvalue weighted by molar-refractivity contribution is 0.426. The Balaban J connectivity index is 0.000000125. The van der Waals surface area contributed by atoms with Crippen LogP contribution in [0.25, 0.3) is 164 Å². The Labute approximate surface area is 539 Å². The quantitative estimate of drug-likeness (QED) is 0.118. The Bertz CT molecular complexity index is 5650. The average Bonchev–Trinajstić information content (AvgIpc) is 0.739. The van der Waals surface area contributed by atoms with Gasteiger partial charge in [-0.05, 0) is 194 Å². The van der Waals surface area contributed by atoms with Crippen LogP contribution in [0.15, 0.2) is 340 Å². The fourth-order valence-corrected chi connectivity index (χ4v) is 14.1. The maximum Gasteiger partial charge on any atom is 0.489 e. The first-order valence-electron chi connectivity index (χ1n) is 31.3. The van der Waals surface area contributed by atoms with Crippen LogP contribution in [0, 0.1) is 0 Å². The van der Waals surface area contributed by atoms with E-state index in [1.54, 1.807) is 6.07 Å². The molecule has 0 amide bonds. The number of hydrogen-bond donors (Lipinski definition) is 2.